The molecular formula is C17H17FN2O2. The van der Waals surface area contributed by atoms with Crippen LogP contribution in [0.4, 0.5) is 15.8 Å². The molecule has 0 fully saturated rings. The van der Waals surface area contributed by atoms with Gasteiger partial charge in [0.1, 0.15) is 11.5 Å². The Kier molecular flexibility index (Phi) is 3.35. The molecule has 0 bridgehead atoms. The monoisotopic (exact) mass is 300 g/mol. The van der Waals surface area contributed by atoms with Gasteiger partial charge in [-0.2, -0.15) is 0 Å². The molecule has 5 heteroatoms. The number of carbonyl (C=O) groups excluding carboxylic acids is 1. The van der Waals surface area contributed by atoms with Crippen molar-refractivity contribution in [2.24, 2.45) is 0 Å². The molecule has 1 aliphatic heterocycles. The number of esters is 1. The Bertz CT molecular complexity index is 743. The fourth-order valence-corrected chi connectivity index (χ4v) is 2.82. The van der Waals surface area contributed by atoms with Crippen LogP contribution in [-0.2, 0) is 10.2 Å². The summed E-state index contributed by atoms with van der Waals surface area (Å²) in [5.41, 5.74) is 2.53. The van der Waals surface area contributed by atoms with Gasteiger partial charge in [0.15, 0.2) is 0 Å². The molecule has 0 radical (unpaired) electrons. The van der Waals surface area contributed by atoms with Crippen molar-refractivity contribution in [3.8, 4) is 0 Å². The minimum Gasteiger partial charge on any atom is -0.464 e. The summed E-state index contributed by atoms with van der Waals surface area (Å²) in [6.07, 6.45) is 0. The van der Waals surface area contributed by atoms with E-state index in [0.29, 0.717) is 6.54 Å². The first-order valence-electron chi connectivity index (χ1n) is 7.05. The molecule has 0 unspecified atom stereocenters. The summed E-state index contributed by atoms with van der Waals surface area (Å²) in [5, 5.41) is 0. The molecular weight excluding hydrogens is 283 g/mol. The van der Waals surface area contributed by atoms with Crippen LogP contribution in [0.1, 0.15) is 30.0 Å². The first-order valence-corrected chi connectivity index (χ1v) is 7.05. The molecule has 4 nitrogen and oxygen atoms in total. The lowest BCUT2D eigenvalue weighted by atomic mass is 9.91. The summed E-state index contributed by atoms with van der Waals surface area (Å²) < 4.78 is 18.2. The molecule has 114 valence electrons. The van der Waals surface area contributed by atoms with Gasteiger partial charge in [0.05, 0.1) is 18.5 Å². The molecule has 0 atom stereocenters. The molecule has 0 saturated heterocycles. The van der Waals surface area contributed by atoms with Crippen molar-refractivity contribution in [3.63, 3.8) is 0 Å². The van der Waals surface area contributed by atoms with E-state index in [1.807, 2.05) is 17.0 Å². The van der Waals surface area contributed by atoms with Gasteiger partial charge in [-0.1, -0.05) is 19.9 Å². The summed E-state index contributed by atoms with van der Waals surface area (Å²) >= 11 is 0. The van der Waals surface area contributed by atoms with E-state index in [-0.39, 0.29) is 16.9 Å². The highest BCUT2D eigenvalue weighted by Crippen LogP contribution is 2.43. The van der Waals surface area contributed by atoms with E-state index < -0.39 is 5.97 Å². The number of rotatable bonds is 2. The molecule has 1 aromatic carbocycles. The Labute approximate surface area is 128 Å². The maximum absolute atomic E-state index is 13.5. The van der Waals surface area contributed by atoms with Crippen molar-refractivity contribution in [2.45, 2.75) is 19.3 Å². The number of ether oxygens (including phenoxy) is 1. The molecule has 3 rings (SSSR count). The molecule has 1 aromatic heterocycles. The highest BCUT2D eigenvalue weighted by Gasteiger charge is 2.38. The first kappa shape index (κ1) is 14.5. The molecule has 2 heterocycles. The van der Waals surface area contributed by atoms with E-state index in [0.717, 1.165) is 17.1 Å². The lowest BCUT2D eigenvalue weighted by Crippen LogP contribution is -2.25. The van der Waals surface area contributed by atoms with Crippen LogP contribution in [0.3, 0.4) is 0 Å². The van der Waals surface area contributed by atoms with E-state index >= 15 is 0 Å². The van der Waals surface area contributed by atoms with Crippen LogP contribution in [0.2, 0.25) is 0 Å². The van der Waals surface area contributed by atoms with Gasteiger partial charge in [-0.3, -0.25) is 0 Å². The van der Waals surface area contributed by atoms with Crippen LogP contribution in [0, 0.1) is 5.82 Å². The normalized spacial score (nSPS) is 15.5. The zero-order chi connectivity index (χ0) is 15.9. The molecule has 22 heavy (non-hydrogen) atoms. The Morgan fingerprint density at radius 1 is 1.32 bits per heavy atom. The second-order valence-electron chi connectivity index (χ2n) is 6.01. The number of carbonyl (C=O) groups is 1. The second kappa shape index (κ2) is 5.09. The topological polar surface area (TPSA) is 42.4 Å². The predicted molar refractivity (Wildman–Crippen MR) is 82.0 cm³/mol. The quantitative estimate of drug-likeness (QED) is 0.797. The zero-order valence-corrected chi connectivity index (χ0v) is 12.8. The van der Waals surface area contributed by atoms with Gasteiger partial charge in [0, 0.05) is 17.6 Å². The minimum absolute atomic E-state index is 0.244. The Morgan fingerprint density at radius 3 is 2.77 bits per heavy atom. The van der Waals surface area contributed by atoms with E-state index in [1.54, 1.807) is 12.1 Å². The van der Waals surface area contributed by atoms with Crippen LogP contribution < -0.4 is 4.90 Å². The van der Waals surface area contributed by atoms with Crippen LogP contribution in [0.25, 0.3) is 0 Å². The fourth-order valence-electron chi connectivity index (χ4n) is 2.82. The Hall–Kier alpha value is -2.43. The molecule has 0 N–H and O–H groups in total. The smallest absolute Gasteiger partial charge is 0.356 e. The van der Waals surface area contributed by atoms with Crippen molar-refractivity contribution >= 4 is 17.3 Å². The van der Waals surface area contributed by atoms with Gasteiger partial charge in [0.2, 0.25) is 0 Å². The fraction of sp³-hybridized carbons (Fsp3) is 0.294. The van der Waals surface area contributed by atoms with Crippen LogP contribution in [0.15, 0.2) is 36.4 Å². The molecule has 1 aliphatic rings. The molecule has 0 aliphatic carbocycles. The second-order valence-corrected chi connectivity index (χ2v) is 6.01. The van der Waals surface area contributed by atoms with Gasteiger partial charge in [-0.15, -0.1) is 0 Å². The van der Waals surface area contributed by atoms with Crippen molar-refractivity contribution in [2.75, 3.05) is 18.6 Å². The molecule has 2 aromatic rings. The van der Waals surface area contributed by atoms with Gasteiger partial charge in [0.25, 0.3) is 0 Å². The first-order chi connectivity index (χ1) is 10.4. The number of benzene rings is 1. The average Bonchev–Trinajstić information content (AvgIpc) is 2.78. The minimum atomic E-state index is -0.456. The number of methoxy groups -OCH3 is 1. The average molecular weight is 300 g/mol. The van der Waals surface area contributed by atoms with E-state index in [2.05, 4.69) is 18.8 Å². The predicted octanol–water partition coefficient (Wildman–Crippen LogP) is 3.44. The van der Waals surface area contributed by atoms with Gasteiger partial charge < -0.3 is 9.64 Å². The number of aromatic nitrogens is 1. The van der Waals surface area contributed by atoms with E-state index in [1.165, 1.54) is 19.2 Å². The van der Waals surface area contributed by atoms with Gasteiger partial charge in [-0.05, 0) is 30.3 Å². The standard InChI is InChI=1S/C17H17FN2O2/c1-17(2)10-20(12-6-4-5-11(18)9-12)14-8-7-13(16(21)22-3)19-15(14)17/h4-9H,10H2,1-3H3. The Morgan fingerprint density at radius 2 is 2.09 bits per heavy atom. The largest absolute Gasteiger partial charge is 0.464 e. The number of pyridine rings is 1. The van der Waals surface area contributed by atoms with Gasteiger partial charge >= 0.3 is 5.97 Å². The number of fused-ring (bicyclic) bond motifs is 1. The van der Waals surface area contributed by atoms with Crippen molar-refractivity contribution in [3.05, 3.63) is 53.6 Å². The molecule has 0 amide bonds. The zero-order valence-electron chi connectivity index (χ0n) is 12.8. The summed E-state index contributed by atoms with van der Waals surface area (Å²) in [6.45, 7) is 4.78. The number of hydrogen-bond acceptors (Lipinski definition) is 4. The lowest BCUT2D eigenvalue weighted by Gasteiger charge is -2.22. The lowest BCUT2D eigenvalue weighted by molar-refractivity contribution is 0.0593. The number of nitrogens with zero attached hydrogens (tertiary/aromatic N) is 2. The van der Waals surface area contributed by atoms with Crippen LogP contribution in [-0.4, -0.2) is 24.6 Å². The highest BCUT2D eigenvalue weighted by atomic mass is 19.1. The summed E-state index contributed by atoms with van der Waals surface area (Å²) in [7, 11) is 1.33. The third-order valence-corrected chi connectivity index (χ3v) is 3.87. The number of halogens is 1. The number of hydrogen-bond donors (Lipinski definition) is 0. The SMILES string of the molecule is COC(=O)c1ccc2c(n1)C(C)(C)CN2c1cccc(F)c1. The van der Waals surface area contributed by atoms with Crippen LogP contribution >= 0.6 is 0 Å². The summed E-state index contributed by atoms with van der Waals surface area (Å²) in [5.74, 6) is -0.731. The number of anilines is 2. The van der Waals surface area contributed by atoms with Crippen molar-refractivity contribution in [1.82, 2.24) is 4.98 Å². The van der Waals surface area contributed by atoms with Gasteiger partial charge in [-0.25, -0.2) is 14.2 Å². The molecule has 0 saturated carbocycles. The van der Waals surface area contributed by atoms with E-state index in [4.69, 9.17) is 4.74 Å². The van der Waals surface area contributed by atoms with Crippen molar-refractivity contribution in [1.29, 1.82) is 0 Å². The summed E-state index contributed by atoms with van der Waals surface area (Å²) in [6, 6.07) is 9.95. The van der Waals surface area contributed by atoms with Crippen molar-refractivity contribution < 1.29 is 13.9 Å². The maximum atomic E-state index is 13.5. The Balaban J connectivity index is 2.09. The maximum Gasteiger partial charge on any atom is 0.356 e. The molecule has 0 spiro atoms. The summed E-state index contributed by atoms with van der Waals surface area (Å²) in [4.78, 5) is 18.2. The third-order valence-electron chi connectivity index (χ3n) is 3.87. The van der Waals surface area contributed by atoms with Crippen LogP contribution in [0.5, 0.6) is 0 Å². The van der Waals surface area contributed by atoms with E-state index in [9.17, 15) is 9.18 Å². The third kappa shape index (κ3) is 2.32. The highest BCUT2D eigenvalue weighted by molar-refractivity contribution is 5.88.